The number of rotatable bonds is 6. The van der Waals surface area contributed by atoms with E-state index < -0.39 is 5.54 Å². The Hall–Kier alpha value is -1.55. The molecule has 1 aliphatic rings. The molecule has 104 valence electrons. The summed E-state index contributed by atoms with van der Waals surface area (Å²) in [5.41, 5.74) is 0.712. The van der Waals surface area contributed by atoms with Crippen molar-refractivity contribution in [1.29, 1.82) is 0 Å². The minimum Gasteiger partial charge on any atom is -0.339 e. The molecule has 0 radical (unpaired) electrons. The van der Waals surface area contributed by atoms with Crippen molar-refractivity contribution in [2.45, 2.75) is 31.7 Å². The molecule has 1 fully saturated rings. The van der Waals surface area contributed by atoms with Gasteiger partial charge < -0.3 is 15.5 Å². The summed E-state index contributed by atoms with van der Waals surface area (Å²) in [7, 11) is 1.93. The summed E-state index contributed by atoms with van der Waals surface area (Å²) in [6.45, 7) is 3.58. The molecule has 0 spiro atoms. The van der Waals surface area contributed by atoms with Gasteiger partial charge >= 0.3 is 0 Å². The van der Waals surface area contributed by atoms with Crippen molar-refractivity contribution in [3.63, 3.8) is 0 Å². The van der Waals surface area contributed by atoms with Crippen molar-refractivity contribution >= 4 is 11.6 Å². The van der Waals surface area contributed by atoms with Gasteiger partial charge in [0, 0.05) is 5.69 Å². The molecule has 2 rings (SSSR count). The first-order valence-electron chi connectivity index (χ1n) is 7.00. The summed E-state index contributed by atoms with van der Waals surface area (Å²) in [5.74, 6) is 0.161. The summed E-state index contributed by atoms with van der Waals surface area (Å²) in [4.78, 5) is 14.6. The van der Waals surface area contributed by atoms with Crippen LogP contribution in [-0.4, -0.2) is 31.7 Å². The van der Waals surface area contributed by atoms with Gasteiger partial charge in [-0.05, 0) is 38.6 Å². The Bertz CT molecular complexity index is 421. The van der Waals surface area contributed by atoms with E-state index in [2.05, 4.69) is 34.6 Å². The van der Waals surface area contributed by atoms with E-state index in [1.807, 2.05) is 25.2 Å². The molecule has 4 heteroatoms. The van der Waals surface area contributed by atoms with Crippen LogP contribution >= 0.6 is 0 Å². The van der Waals surface area contributed by atoms with Crippen molar-refractivity contribution in [2.75, 3.05) is 25.2 Å². The number of benzene rings is 1. The first-order valence-corrected chi connectivity index (χ1v) is 7.00. The van der Waals surface area contributed by atoms with E-state index >= 15 is 0 Å². The molecule has 1 heterocycles. The average Bonchev–Trinajstić information content (AvgIpc) is 2.76. The fourth-order valence-corrected chi connectivity index (χ4v) is 2.90. The molecule has 1 amide bonds. The maximum Gasteiger partial charge on any atom is 0.247 e. The Labute approximate surface area is 115 Å². The normalized spacial score (nSPS) is 22.6. The Balaban J connectivity index is 2.32. The van der Waals surface area contributed by atoms with E-state index in [1.54, 1.807) is 0 Å². The topological polar surface area (TPSA) is 44.4 Å². The summed E-state index contributed by atoms with van der Waals surface area (Å²) in [6, 6.07) is 10.2. The molecule has 1 aliphatic heterocycles. The van der Waals surface area contributed by atoms with Crippen molar-refractivity contribution in [2.24, 2.45) is 0 Å². The molecule has 19 heavy (non-hydrogen) atoms. The maximum absolute atomic E-state index is 12.4. The number of nitrogens with one attached hydrogen (secondary N) is 2. The van der Waals surface area contributed by atoms with Crippen LogP contribution in [0.1, 0.15) is 26.2 Å². The third kappa shape index (κ3) is 2.59. The number of carbonyl (C=O) groups is 1. The van der Waals surface area contributed by atoms with Gasteiger partial charge in [0.25, 0.3) is 0 Å². The van der Waals surface area contributed by atoms with Gasteiger partial charge in [-0.25, -0.2) is 0 Å². The van der Waals surface area contributed by atoms with Gasteiger partial charge in [-0.1, -0.05) is 31.5 Å². The summed E-state index contributed by atoms with van der Waals surface area (Å²) < 4.78 is 0. The summed E-state index contributed by atoms with van der Waals surface area (Å²) >= 11 is 0. The monoisotopic (exact) mass is 261 g/mol. The standard InChI is InChI=1S/C15H23N3O/c1-3-9-15(10-11-16-2)14(19)17-12-18(15)13-7-5-4-6-8-13/h4-8,16H,3,9-12H2,1-2H3,(H,17,19). The number of para-hydroxylation sites is 1. The Morgan fingerprint density at radius 2 is 2.05 bits per heavy atom. The van der Waals surface area contributed by atoms with Crippen LogP contribution in [0.2, 0.25) is 0 Å². The maximum atomic E-state index is 12.4. The predicted octanol–water partition coefficient (Wildman–Crippen LogP) is 1.73. The summed E-state index contributed by atoms with van der Waals surface area (Å²) in [5, 5.41) is 6.18. The van der Waals surface area contributed by atoms with E-state index in [-0.39, 0.29) is 5.91 Å². The molecule has 1 saturated heterocycles. The van der Waals surface area contributed by atoms with Crippen molar-refractivity contribution in [3.05, 3.63) is 30.3 Å². The van der Waals surface area contributed by atoms with E-state index in [0.29, 0.717) is 6.67 Å². The van der Waals surface area contributed by atoms with E-state index in [0.717, 1.165) is 31.5 Å². The van der Waals surface area contributed by atoms with Gasteiger partial charge in [-0.15, -0.1) is 0 Å². The van der Waals surface area contributed by atoms with E-state index in [1.165, 1.54) is 0 Å². The van der Waals surface area contributed by atoms with E-state index in [4.69, 9.17) is 0 Å². The molecule has 4 nitrogen and oxygen atoms in total. The molecule has 0 aromatic heterocycles. The van der Waals surface area contributed by atoms with Crippen molar-refractivity contribution in [1.82, 2.24) is 10.6 Å². The Kier molecular flexibility index (Phi) is 4.43. The first-order chi connectivity index (χ1) is 9.24. The molecular weight excluding hydrogens is 238 g/mol. The second-order valence-electron chi connectivity index (χ2n) is 5.06. The van der Waals surface area contributed by atoms with Crippen LogP contribution < -0.4 is 15.5 Å². The molecule has 0 aliphatic carbocycles. The van der Waals surface area contributed by atoms with Crippen molar-refractivity contribution in [3.8, 4) is 0 Å². The lowest BCUT2D eigenvalue weighted by Crippen LogP contribution is -2.50. The fourth-order valence-electron chi connectivity index (χ4n) is 2.90. The van der Waals surface area contributed by atoms with Crippen LogP contribution in [-0.2, 0) is 4.79 Å². The largest absolute Gasteiger partial charge is 0.339 e. The van der Waals surface area contributed by atoms with E-state index in [9.17, 15) is 4.79 Å². The zero-order valence-electron chi connectivity index (χ0n) is 11.8. The first kappa shape index (κ1) is 13.9. The lowest BCUT2D eigenvalue weighted by molar-refractivity contribution is -0.124. The van der Waals surface area contributed by atoms with Crippen LogP contribution in [0.4, 0.5) is 5.69 Å². The minimum atomic E-state index is -0.404. The van der Waals surface area contributed by atoms with Gasteiger partial charge in [0.2, 0.25) is 5.91 Å². The Morgan fingerprint density at radius 1 is 1.32 bits per heavy atom. The highest BCUT2D eigenvalue weighted by atomic mass is 16.2. The zero-order chi connectivity index (χ0) is 13.7. The highest BCUT2D eigenvalue weighted by molar-refractivity contribution is 5.93. The number of amides is 1. The lowest BCUT2D eigenvalue weighted by Gasteiger charge is -2.37. The molecule has 1 atom stereocenters. The zero-order valence-corrected chi connectivity index (χ0v) is 11.8. The molecule has 1 aromatic rings. The molecule has 0 saturated carbocycles. The lowest BCUT2D eigenvalue weighted by atomic mass is 9.87. The van der Waals surface area contributed by atoms with Gasteiger partial charge in [0.1, 0.15) is 5.54 Å². The van der Waals surface area contributed by atoms with Gasteiger partial charge in [0.15, 0.2) is 0 Å². The SMILES string of the molecule is CCCC1(CCNC)C(=O)NCN1c1ccccc1. The number of anilines is 1. The highest BCUT2D eigenvalue weighted by Gasteiger charge is 2.47. The van der Waals surface area contributed by atoms with Crippen molar-refractivity contribution < 1.29 is 4.79 Å². The number of carbonyl (C=O) groups excluding carboxylic acids is 1. The van der Waals surface area contributed by atoms with Crippen LogP contribution in [0.3, 0.4) is 0 Å². The average molecular weight is 261 g/mol. The third-order valence-electron chi connectivity index (χ3n) is 3.86. The van der Waals surface area contributed by atoms with Gasteiger partial charge in [-0.2, -0.15) is 0 Å². The minimum absolute atomic E-state index is 0.161. The van der Waals surface area contributed by atoms with Crippen LogP contribution in [0.15, 0.2) is 30.3 Å². The fraction of sp³-hybridized carbons (Fsp3) is 0.533. The smallest absolute Gasteiger partial charge is 0.247 e. The Morgan fingerprint density at radius 3 is 2.68 bits per heavy atom. The molecule has 2 N–H and O–H groups in total. The molecule has 0 bridgehead atoms. The second-order valence-corrected chi connectivity index (χ2v) is 5.06. The molecule has 1 aromatic carbocycles. The number of hydrogen-bond acceptors (Lipinski definition) is 3. The van der Waals surface area contributed by atoms with Crippen LogP contribution in [0, 0.1) is 0 Å². The highest BCUT2D eigenvalue weighted by Crippen LogP contribution is 2.33. The summed E-state index contributed by atoms with van der Waals surface area (Å²) in [6.07, 6.45) is 2.72. The number of nitrogens with zero attached hydrogens (tertiary/aromatic N) is 1. The van der Waals surface area contributed by atoms with Gasteiger partial charge in [0.05, 0.1) is 6.67 Å². The quantitative estimate of drug-likeness (QED) is 0.819. The predicted molar refractivity (Wildman–Crippen MR) is 78.1 cm³/mol. The van der Waals surface area contributed by atoms with Crippen LogP contribution in [0.5, 0.6) is 0 Å². The van der Waals surface area contributed by atoms with Crippen LogP contribution in [0.25, 0.3) is 0 Å². The third-order valence-corrected chi connectivity index (χ3v) is 3.86. The number of hydrogen-bond donors (Lipinski definition) is 2. The molecule has 1 unspecified atom stereocenters. The second kappa shape index (κ2) is 6.06. The van der Waals surface area contributed by atoms with Gasteiger partial charge in [-0.3, -0.25) is 4.79 Å². The molecular formula is C15H23N3O.